The van der Waals surface area contributed by atoms with Gasteiger partial charge in [-0.3, -0.25) is 0 Å². The molecule has 0 bridgehead atoms. The molecule has 0 aliphatic carbocycles. The van der Waals surface area contributed by atoms with Crippen LogP contribution >= 0.6 is 23.5 Å². The molecule has 0 unspecified atom stereocenters. The zero-order chi connectivity index (χ0) is 13.2. The normalized spacial score (nSPS) is 14.6. The highest BCUT2D eigenvalue weighted by Gasteiger charge is 2.29. The lowest BCUT2D eigenvalue weighted by Gasteiger charge is -2.33. The smallest absolute Gasteiger partial charge is 0.0489 e. The lowest BCUT2D eigenvalue weighted by Crippen LogP contribution is -2.28. The predicted molar refractivity (Wildman–Crippen MR) is 86.6 cm³/mol. The summed E-state index contributed by atoms with van der Waals surface area (Å²) in [5, 5.41) is 0. The van der Waals surface area contributed by atoms with Crippen LogP contribution in [0.5, 0.6) is 0 Å². The van der Waals surface area contributed by atoms with E-state index in [2.05, 4.69) is 84.7 Å². The fourth-order valence-corrected chi connectivity index (χ4v) is 9.56. The first kappa shape index (κ1) is 16.9. The van der Waals surface area contributed by atoms with Crippen LogP contribution in [0.15, 0.2) is 0 Å². The van der Waals surface area contributed by atoms with Crippen molar-refractivity contribution in [3.8, 4) is 0 Å². The van der Waals surface area contributed by atoms with Crippen LogP contribution in [0, 0.1) is 0 Å². The molecule has 0 aliphatic heterocycles. The minimum absolute atomic E-state index is 0.378. The SMILES string of the molecule is CC(C)(C)SC(C[Si](C)(C)C)SC(C)(C)C. The zero-order valence-corrected chi connectivity index (χ0v) is 15.2. The average molecular weight is 279 g/mol. The molecule has 16 heavy (non-hydrogen) atoms. The van der Waals surface area contributed by atoms with Crippen LogP contribution in [0.1, 0.15) is 41.5 Å². The van der Waals surface area contributed by atoms with Crippen LogP contribution in [0.25, 0.3) is 0 Å². The molecule has 0 saturated heterocycles. The van der Waals surface area contributed by atoms with Crippen molar-refractivity contribution in [2.75, 3.05) is 0 Å². The maximum Gasteiger partial charge on any atom is 0.0489 e. The Morgan fingerprint density at radius 2 is 1.12 bits per heavy atom. The van der Waals surface area contributed by atoms with Gasteiger partial charge >= 0.3 is 0 Å². The van der Waals surface area contributed by atoms with Gasteiger partial charge in [-0.25, -0.2) is 0 Å². The maximum atomic E-state index is 2.48. The van der Waals surface area contributed by atoms with E-state index in [0.717, 1.165) is 4.58 Å². The largest absolute Gasteiger partial charge is 0.142 e. The quantitative estimate of drug-likeness (QED) is 0.477. The fourth-order valence-electron chi connectivity index (χ4n) is 1.40. The molecule has 0 amide bonds. The predicted octanol–water partition coefficient (Wildman–Crippen LogP) is 5.71. The van der Waals surface area contributed by atoms with E-state index in [1.54, 1.807) is 0 Å². The molecule has 0 nitrogen and oxygen atoms in total. The van der Waals surface area contributed by atoms with Gasteiger partial charge in [0.2, 0.25) is 0 Å². The number of rotatable bonds is 4. The molecule has 0 saturated carbocycles. The Bertz CT molecular complexity index is 167. The van der Waals surface area contributed by atoms with E-state index >= 15 is 0 Å². The molecule has 0 heterocycles. The first-order valence-corrected chi connectivity index (χ1v) is 11.6. The molecule has 0 aliphatic rings. The Balaban J connectivity index is 4.53. The summed E-state index contributed by atoms with van der Waals surface area (Å²) in [5.74, 6) is 0. The summed E-state index contributed by atoms with van der Waals surface area (Å²) in [4.78, 5) is 0. The lowest BCUT2D eigenvalue weighted by molar-refractivity contribution is 0.792. The van der Waals surface area contributed by atoms with E-state index < -0.39 is 8.07 Å². The van der Waals surface area contributed by atoms with E-state index in [1.165, 1.54) is 6.04 Å². The van der Waals surface area contributed by atoms with E-state index in [4.69, 9.17) is 0 Å². The van der Waals surface area contributed by atoms with Crippen LogP contribution < -0.4 is 0 Å². The van der Waals surface area contributed by atoms with Crippen molar-refractivity contribution in [2.24, 2.45) is 0 Å². The van der Waals surface area contributed by atoms with Gasteiger partial charge in [0, 0.05) is 22.1 Å². The second-order valence-electron chi connectivity index (χ2n) is 7.65. The summed E-state index contributed by atoms with van der Waals surface area (Å²) in [6.07, 6.45) is 0. The van der Waals surface area contributed by atoms with Crippen LogP contribution in [-0.4, -0.2) is 22.1 Å². The summed E-state index contributed by atoms with van der Waals surface area (Å²) in [7, 11) is -0.961. The molecular weight excluding hydrogens is 248 g/mol. The van der Waals surface area contributed by atoms with Gasteiger partial charge in [0.05, 0.1) is 0 Å². The second kappa shape index (κ2) is 5.70. The topological polar surface area (TPSA) is 0 Å². The molecule has 0 aromatic heterocycles. The van der Waals surface area contributed by atoms with Crippen molar-refractivity contribution in [2.45, 2.75) is 81.3 Å². The lowest BCUT2D eigenvalue weighted by atomic mass is 10.3. The van der Waals surface area contributed by atoms with E-state index in [1.807, 2.05) is 0 Å². The van der Waals surface area contributed by atoms with Crippen molar-refractivity contribution in [3.05, 3.63) is 0 Å². The van der Waals surface area contributed by atoms with Gasteiger partial charge in [0.1, 0.15) is 0 Å². The van der Waals surface area contributed by atoms with Gasteiger partial charge in [0.25, 0.3) is 0 Å². The molecule has 0 rings (SSSR count). The van der Waals surface area contributed by atoms with E-state index in [-0.39, 0.29) is 0 Å². The van der Waals surface area contributed by atoms with Crippen molar-refractivity contribution in [1.82, 2.24) is 0 Å². The van der Waals surface area contributed by atoms with Gasteiger partial charge in [-0.2, -0.15) is 0 Å². The summed E-state index contributed by atoms with van der Waals surface area (Å²) < 4.78 is 1.51. The number of hydrogen-bond donors (Lipinski definition) is 0. The van der Waals surface area contributed by atoms with Crippen LogP contribution in [0.2, 0.25) is 25.7 Å². The third kappa shape index (κ3) is 11.4. The monoisotopic (exact) mass is 278 g/mol. The van der Waals surface area contributed by atoms with Crippen molar-refractivity contribution in [1.29, 1.82) is 0 Å². The molecule has 0 aromatic rings. The minimum atomic E-state index is -0.961. The van der Waals surface area contributed by atoms with Gasteiger partial charge in [-0.1, -0.05) is 61.2 Å². The zero-order valence-electron chi connectivity index (χ0n) is 12.6. The third-order valence-electron chi connectivity index (χ3n) is 1.75. The van der Waals surface area contributed by atoms with E-state index in [0.29, 0.717) is 9.49 Å². The molecule has 0 spiro atoms. The first-order valence-electron chi connectivity index (χ1n) is 6.14. The highest BCUT2D eigenvalue weighted by atomic mass is 32.2. The van der Waals surface area contributed by atoms with Gasteiger partial charge in [0.15, 0.2) is 0 Å². The average Bonchev–Trinajstić information content (AvgIpc) is 1.70. The maximum absolute atomic E-state index is 2.48. The summed E-state index contributed by atoms with van der Waals surface area (Å²) in [6.45, 7) is 21.4. The van der Waals surface area contributed by atoms with Crippen molar-refractivity contribution < 1.29 is 0 Å². The highest BCUT2D eigenvalue weighted by molar-refractivity contribution is 8.18. The van der Waals surface area contributed by atoms with Crippen molar-refractivity contribution in [3.63, 3.8) is 0 Å². The summed E-state index contributed by atoms with van der Waals surface area (Å²) in [5.41, 5.74) is 0. The van der Waals surface area contributed by atoms with Crippen LogP contribution in [-0.2, 0) is 0 Å². The van der Waals surface area contributed by atoms with Gasteiger partial charge in [-0.15, -0.1) is 23.5 Å². The van der Waals surface area contributed by atoms with Crippen molar-refractivity contribution >= 4 is 31.6 Å². The molecule has 0 atom stereocenters. The Labute approximate surface area is 113 Å². The number of thioether (sulfide) groups is 2. The molecule has 3 heteroatoms. The van der Waals surface area contributed by atoms with Gasteiger partial charge in [-0.05, 0) is 6.04 Å². The first-order chi connectivity index (χ1) is 6.79. The molecule has 0 radical (unpaired) electrons. The molecule has 0 N–H and O–H groups in total. The Morgan fingerprint density at radius 1 is 0.812 bits per heavy atom. The third-order valence-corrected chi connectivity index (χ3v) is 6.82. The molecular formula is C13H30S2Si. The fraction of sp³-hybridized carbons (Fsp3) is 1.00. The Morgan fingerprint density at radius 3 is 1.31 bits per heavy atom. The minimum Gasteiger partial charge on any atom is -0.142 e. The second-order valence-corrected chi connectivity index (χ2v) is 17.5. The van der Waals surface area contributed by atoms with Gasteiger partial charge < -0.3 is 0 Å². The van der Waals surface area contributed by atoms with Crippen LogP contribution in [0.4, 0.5) is 0 Å². The summed E-state index contributed by atoms with van der Waals surface area (Å²) >= 11 is 4.31. The number of hydrogen-bond acceptors (Lipinski definition) is 2. The Kier molecular flexibility index (Phi) is 6.03. The highest BCUT2D eigenvalue weighted by Crippen LogP contribution is 2.43. The van der Waals surface area contributed by atoms with E-state index in [9.17, 15) is 0 Å². The standard InChI is InChI=1S/C13H30S2Si/c1-12(2,3)14-11(10-16(7,8)9)15-13(4,5)6/h11H,10H2,1-9H3. The summed E-state index contributed by atoms with van der Waals surface area (Å²) in [6, 6.07) is 1.41. The Hall–Kier alpha value is 0.917. The van der Waals surface area contributed by atoms with Crippen LogP contribution in [0.3, 0.4) is 0 Å². The molecule has 0 fully saturated rings. The molecule has 98 valence electrons. The molecule has 0 aromatic carbocycles.